The van der Waals surface area contributed by atoms with E-state index in [9.17, 15) is 20.1 Å². The number of hydrogen-bond acceptors (Lipinski definition) is 7. The Morgan fingerprint density at radius 3 is 2.26 bits per heavy atom. The van der Waals surface area contributed by atoms with E-state index >= 15 is 0 Å². The fourth-order valence-corrected chi connectivity index (χ4v) is 4.41. The van der Waals surface area contributed by atoms with Gasteiger partial charge >= 0.3 is 6.03 Å². The number of benzene rings is 3. The number of aliphatic hydroxyl groups is 2. The summed E-state index contributed by atoms with van der Waals surface area (Å²) in [6.45, 7) is 5.21. The average molecular weight is 580 g/mol. The van der Waals surface area contributed by atoms with Crippen LogP contribution in [-0.2, 0) is 29.1 Å². The van der Waals surface area contributed by atoms with E-state index in [0.717, 1.165) is 49.9 Å². The molecule has 9 nitrogen and oxygen atoms in total. The average Bonchev–Trinajstić information content (AvgIpc) is 2.99. The van der Waals surface area contributed by atoms with Crippen LogP contribution in [0.15, 0.2) is 66.7 Å². The van der Waals surface area contributed by atoms with E-state index in [1.165, 1.54) is 11.6 Å². The van der Waals surface area contributed by atoms with Gasteiger partial charge in [-0.05, 0) is 78.9 Å². The predicted molar refractivity (Wildman–Crippen MR) is 166 cm³/mol. The molecule has 0 fully saturated rings. The molecule has 2 amide bonds. The van der Waals surface area contributed by atoms with Gasteiger partial charge in [0.05, 0.1) is 32.5 Å². The molecule has 0 saturated heterocycles. The van der Waals surface area contributed by atoms with E-state index in [-0.39, 0.29) is 18.4 Å². The molecule has 0 heterocycles. The molecule has 0 aliphatic heterocycles. The molecule has 0 saturated carbocycles. The van der Waals surface area contributed by atoms with E-state index in [1.807, 2.05) is 48.5 Å². The van der Waals surface area contributed by atoms with Crippen molar-refractivity contribution in [2.75, 3.05) is 43.5 Å². The van der Waals surface area contributed by atoms with Crippen molar-refractivity contribution in [3.05, 3.63) is 89.0 Å². The van der Waals surface area contributed by atoms with Crippen molar-refractivity contribution in [1.29, 1.82) is 0 Å². The van der Waals surface area contributed by atoms with Crippen molar-refractivity contribution in [2.24, 2.45) is 0 Å². The van der Waals surface area contributed by atoms with E-state index in [0.29, 0.717) is 49.8 Å². The number of carbonyl (C=O) groups is 1. The second-order valence-electron chi connectivity index (χ2n) is 10.2. The molecule has 0 bridgehead atoms. The summed E-state index contributed by atoms with van der Waals surface area (Å²) in [7, 11) is 0. The summed E-state index contributed by atoms with van der Waals surface area (Å²) >= 11 is 0. The standard InChI is InChI=1S/C33H45N3O6/c1-2-25-9-7-11-29(19-25)35-33(40)36-30-12-8-10-26(20-30)24-42-18-17-41-16-6-4-3-5-15-34-22-32(39)27-13-14-31(38)28(21-27)23-37/h7-14,19-21,32,34,37-39H,2-6,15-18,22-24H2,1H3,(H2,35,36,40)/t32-/m0/s1. The van der Waals surface area contributed by atoms with Gasteiger partial charge in [-0.25, -0.2) is 4.79 Å². The zero-order chi connectivity index (χ0) is 30.0. The van der Waals surface area contributed by atoms with Crippen LogP contribution in [0.4, 0.5) is 16.2 Å². The third kappa shape index (κ3) is 12.2. The van der Waals surface area contributed by atoms with Crippen LogP contribution in [0.5, 0.6) is 5.75 Å². The van der Waals surface area contributed by atoms with Crippen LogP contribution in [0, 0.1) is 0 Å². The van der Waals surface area contributed by atoms with Crippen LogP contribution >= 0.6 is 0 Å². The largest absolute Gasteiger partial charge is 0.508 e. The summed E-state index contributed by atoms with van der Waals surface area (Å²) in [5, 5.41) is 38.2. The molecule has 3 aromatic carbocycles. The molecular weight excluding hydrogens is 534 g/mol. The minimum Gasteiger partial charge on any atom is -0.508 e. The Hall–Kier alpha value is -3.47. The number of aryl methyl sites for hydroxylation is 1. The Labute approximate surface area is 248 Å². The molecule has 3 aromatic rings. The van der Waals surface area contributed by atoms with Gasteiger partial charge in [0, 0.05) is 30.1 Å². The number of hydrogen-bond donors (Lipinski definition) is 6. The molecule has 6 N–H and O–H groups in total. The molecule has 3 rings (SSSR count). The second kappa shape index (κ2) is 18.9. The number of anilines is 2. The van der Waals surface area contributed by atoms with Gasteiger partial charge in [-0.1, -0.05) is 50.1 Å². The Morgan fingerprint density at radius 2 is 1.52 bits per heavy atom. The highest BCUT2D eigenvalue weighted by atomic mass is 16.5. The molecule has 228 valence electrons. The van der Waals surface area contributed by atoms with Crippen molar-refractivity contribution in [3.8, 4) is 5.75 Å². The number of aliphatic hydroxyl groups excluding tert-OH is 2. The lowest BCUT2D eigenvalue weighted by atomic mass is 10.1. The van der Waals surface area contributed by atoms with Gasteiger partial charge in [-0.2, -0.15) is 0 Å². The summed E-state index contributed by atoms with van der Waals surface area (Å²) in [4.78, 5) is 12.4. The van der Waals surface area contributed by atoms with Gasteiger partial charge in [-0.3, -0.25) is 0 Å². The van der Waals surface area contributed by atoms with Crippen LogP contribution in [0.25, 0.3) is 0 Å². The number of unbranched alkanes of at least 4 members (excludes halogenated alkanes) is 3. The highest BCUT2D eigenvalue weighted by molar-refractivity contribution is 5.99. The molecule has 0 unspecified atom stereocenters. The number of ether oxygens (including phenoxy) is 2. The van der Waals surface area contributed by atoms with Gasteiger partial charge in [0.25, 0.3) is 0 Å². The molecule has 0 aliphatic rings. The fraction of sp³-hybridized carbons (Fsp3) is 0.424. The fourth-order valence-electron chi connectivity index (χ4n) is 4.41. The zero-order valence-corrected chi connectivity index (χ0v) is 24.5. The van der Waals surface area contributed by atoms with Crippen molar-refractivity contribution >= 4 is 17.4 Å². The second-order valence-corrected chi connectivity index (χ2v) is 10.2. The first-order valence-corrected chi connectivity index (χ1v) is 14.7. The topological polar surface area (TPSA) is 132 Å². The summed E-state index contributed by atoms with van der Waals surface area (Å²) < 4.78 is 11.4. The number of phenols is 1. The molecule has 9 heteroatoms. The van der Waals surface area contributed by atoms with Crippen molar-refractivity contribution < 1.29 is 29.6 Å². The first-order valence-electron chi connectivity index (χ1n) is 14.7. The summed E-state index contributed by atoms with van der Waals surface area (Å²) in [6.07, 6.45) is 4.36. The van der Waals surface area contributed by atoms with E-state index in [2.05, 4.69) is 22.9 Å². The predicted octanol–water partition coefficient (Wildman–Crippen LogP) is 5.51. The Morgan fingerprint density at radius 1 is 0.833 bits per heavy atom. The first-order chi connectivity index (χ1) is 20.5. The van der Waals surface area contributed by atoms with Crippen molar-refractivity contribution in [2.45, 2.75) is 58.3 Å². The Kier molecular flexibility index (Phi) is 14.8. The monoisotopic (exact) mass is 579 g/mol. The minimum absolute atomic E-state index is 0.0327. The quantitative estimate of drug-likeness (QED) is 0.103. The maximum absolute atomic E-state index is 12.4. The van der Waals surface area contributed by atoms with Gasteiger partial charge in [0.2, 0.25) is 0 Å². The number of rotatable bonds is 19. The molecule has 0 radical (unpaired) electrons. The number of amides is 2. The van der Waals surface area contributed by atoms with Crippen molar-refractivity contribution in [3.63, 3.8) is 0 Å². The number of nitrogens with one attached hydrogen (secondary N) is 3. The molecule has 0 aliphatic carbocycles. The number of carbonyl (C=O) groups excluding carboxylic acids is 1. The lowest BCUT2D eigenvalue weighted by molar-refractivity contribution is 0.0393. The smallest absolute Gasteiger partial charge is 0.323 e. The first kappa shape index (κ1) is 33.0. The molecule has 1 atom stereocenters. The van der Waals surface area contributed by atoms with E-state index < -0.39 is 6.10 Å². The summed E-state index contributed by atoms with van der Waals surface area (Å²) in [5.74, 6) is 0.0327. The highest BCUT2D eigenvalue weighted by Gasteiger charge is 2.10. The van der Waals surface area contributed by atoms with Gasteiger partial charge < -0.3 is 40.7 Å². The molecule has 0 spiro atoms. The van der Waals surface area contributed by atoms with Gasteiger partial charge in [-0.15, -0.1) is 0 Å². The lowest BCUT2D eigenvalue weighted by Gasteiger charge is -2.14. The van der Waals surface area contributed by atoms with Crippen molar-refractivity contribution in [1.82, 2.24) is 5.32 Å². The molecular formula is C33H45N3O6. The Bertz CT molecular complexity index is 1220. The highest BCUT2D eigenvalue weighted by Crippen LogP contribution is 2.22. The lowest BCUT2D eigenvalue weighted by Crippen LogP contribution is -2.22. The van der Waals surface area contributed by atoms with Crippen LogP contribution in [-0.4, -0.2) is 54.3 Å². The normalized spacial score (nSPS) is 11.8. The van der Waals surface area contributed by atoms with E-state index in [1.54, 1.807) is 12.1 Å². The van der Waals surface area contributed by atoms with Gasteiger partial charge in [0.15, 0.2) is 0 Å². The SMILES string of the molecule is CCc1cccc(NC(=O)Nc2cccc(COCCOCCCCCCNC[C@H](O)c3ccc(O)c(CO)c3)c2)c1. The number of aromatic hydroxyl groups is 1. The molecule has 42 heavy (non-hydrogen) atoms. The third-order valence-electron chi connectivity index (χ3n) is 6.81. The maximum atomic E-state index is 12.4. The minimum atomic E-state index is -0.687. The van der Waals surface area contributed by atoms with Crippen LogP contribution in [0.1, 0.15) is 61.0 Å². The third-order valence-corrected chi connectivity index (χ3v) is 6.81. The zero-order valence-electron chi connectivity index (χ0n) is 24.5. The van der Waals surface area contributed by atoms with Crippen LogP contribution < -0.4 is 16.0 Å². The summed E-state index contributed by atoms with van der Waals surface area (Å²) in [5.41, 5.74) is 4.69. The number of urea groups is 1. The molecule has 0 aromatic heterocycles. The Balaban J connectivity index is 1.17. The van der Waals surface area contributed by atoms with E-state index in [4.69, 9.17) is 9.47 Å². The van der Waals surface area contributed by atoms with Crippen LogP contribution in [0.3, 0.4) is 0 Å². The maximum Gasteiger partial charge on any atom is 0.323 e. The van der Waals surface area contributed by atoms with Crippen LogP contribution in [0.2, 0.25) is 0 Å². The summed E-state index contributed by atoms with van der Waals surface area (Å²) in [6, 6.07) is 19.9. The van der Waals surface area contributed by atoms with Gasteiger partial charge in [0.1, 0.15) is 5.75 Å².